The highest BCUT2D eigenvalue weighted by Crippen LogP contribution is 2.27. The molecule has 2 rings (SSSR count). The van der Waals surface area contributed by atoms with E-state index in [-0.39, 0.29) is 0 Å². The Morgan fingerprint density at radius 3 is 2.89 bits per heavy atom. The highest BCUT2D eigenvalue weighted by molar-refractivity contribution is 7.14. The van der Waals surface area contributed by atoms with Crippen molar-refractivity contribution in [2.24, 2.45) is 0 Å². The molecule has 0 bridgehead atoms. The van der Waals surface area contributed by atoms with E-state index in [0.29, 0.717) is 6.61 Å². The Hall–Kier alpha value is -1.30. The number of aromatic nitrogens is 2. The molecule has 19 heavy (non-hydrogen) atoms. The number of nitrogens with one attached hydrogen (secondary N) is 1. The van der Waals surface area contributed by atoms with E-state index < -0.39 is 0 Å². The summed E-state index contributed by atoms with van der Waals surface area (Å²) in [5, 5.41) is 13.8. The van der Waals surface area contributed by atoms with E-state index >= 15 is 0 Å². The maximum absolute atomic E-state index is 4.99. The average molecular weight is 277 g/mol. The number of hydrogen-bond donors (Lipinski definition) is 1. The Balaban J connectivity index is 2.06. The van der Waals surface area contributed by atoms with Gasteiger partial charge in [-0.15, -0.1) is 10.2 Å². The van der Waals surface area contributed by atoms with E-state index in [2.05, 4.69) is 47.6 Å². The van der Waals surface area contributed by atoms with Crippen molar-refractivity contribution in [1.82, 2.24) is 15.5 Å². The monoisotopic (exact) mass is 277 g/mol. The van der Waals surface area contributed by atoms with Crippen LogP contribution in [-0.4, -0.2) is 30.5 Å². The van der Waals surface area contributed by atoms with Gasteiger partial charge in [-0.1, -0.05) is 29.0 Å². The number of benzene rings is 1. The molecule has 1 N–H and O–H groups in total. The van der Waals surface area contributed by atoms with Gasteiger partial charge in [0.15, 0.2) is 0 Å². The van der Waals surface area contributed by atoms with E-state index in [1.54, 1.807) is 18.4 Å². The summed E-state index contributed by atoms with van der Waals surface area (Å²) in [6, 6.07) is 6.41. The molecule has 0 aliphatic rings. The van der Waals surface area contributed by atoms with Gasteiger partial charge < -0.3 is 10.1 Å². The van der Waals surface area contributed by atoms with Crippen molar-refractivity contribution in [2.45, 2.75) is 20.4 Å². The number of hydrogen-bond acceptors (Lipinski definition) is 5. The first-order valence-corrected chi connectivity index (χ1v) is 7.12. The zero-order valence-corrected chi connectivity index (χ0v) is 12.4. The van der Waals surface area contributed by atoms with Crippen LogP contribution in [0.5, 0.6) is 0 Å². The van der Waals surface area contributed by atoms with Crippen molar-refractivity contribution >= 4 is 11.3 Å². The molecule has 0 amide bonds. The average Bonchev–Trinajstić information content (AvgIpc) is 2.86. The second kappa shape index (κ2) is 6.75. The summed E-state index contributed by atoms with van der Waals surface area (Å²) in [4.78, 5) is 0. The fourth-order valence-corrected chi connectivity index (χ4v) is 2.66. The quantitative estimate of drug-likeness (QED) is 0.824. The minimum atomic E-state index is 0.711. The molecule has 0 radical (unpaired) electrons. The summed E-state index contributed by atoms with van der Waals surface area (Å²) in [6.07, 6.45) is 0. The first kappa shape index (κ1) is 14.1. The van der Waals surface area contributed by atoms with Crippen LogP contribution in [-0.2, 0) is 11.3 Å². The summed E-state index contributed by atoms with van der Waals surface area (Å²) in [5.74, 6) is 0. The van der Waals surface area contributed by atoms with Gasteiger partial charge in [-0.2, -0.15) is 0 Å². The van der Waals surface area contributed by atoms with E-state index in [1.165, 1.54) is 16.7 Å². The van der Waals surface area contributed by atoms with Gasteiger partial charge in [0.1, 0.15) is 10.0 Å². The van der Waals surface area contributed by atoms with E-state index in [0.717, 1.165) is 23.1 Å². The Morgan fingerprint density at radius 1 is 1.26 bits per heavy atom. The maximum Gasteiger partial charge on any atom is 0.148 e. The molecule has 0 unspecified atom stereocenters. The van der Waals surface area contributed by atoms with Crippen molar-refractivity contribution < 1.29 is 4.74 Å². The van der Waals surface area contributed by atoms with Crippen molar-refractivity contribution in [3.05, 3.63) is 34.3 Å². The van der Waals surface area contributed by atoms with Gasteiger partial charge in [-0.25, -0.2) is 0 Å². The lowest BCUT2D eigenvalue weighted by atomic mass is 10.1. The molecule has 0 atom stereocenters. The van der Waals surface area contributed by atoms with Crippen LogP contribution < -0.4 is 5.32 Å². The lowest BCUT2D eigenvalue weighted by Gasteiger charge is -2.02. The summed E-state index contributed by atoms with van der Waals surface area (Å²) < 4.78 is 4.99. The standard InChI is InChI=1S/C14H19N3OS/c1-10-4-5-11(2)12(8-10)14-17-16-13(19-14)9-15-6-7-18-3/h4-5,8,15H,6-7,9H2,1-3H3. The summed E-state index contributed by atoms with van der Waals surface area (Å²) in [7, 11) is 1.70. The molecule has 1 aromatic heterocycles. The fourth-order valence-electron chi connectivity index (χ4n) is 1.77. The zero-order chi connectivity index (χ0) is 13.7. The van der Waals surface area contributed by atoms with Crippen LogP contribution in [0, 0.1) is 13.8 Å². The molecule has 0 spiro atoms. The number of methoxy groups -OCH3 is 1. The molecule has 0 saturated heterocycles. The molecule has 5 heteroatoms. The molecule has 1 heterocycles. The summed E-state index contributed by atoms with van der Waals surface area (Å²) in [6.45, 7) is 6.48. The molecule has 0 fully saturated rings. The van der Waals surface area contributed by atoms with Crippen LogP contribution in [0.25, 0.3) is 10.6 Å². The van der Waals surface area contributed by atoms with Gasteiger partial charge in [0, 0.05) is 25.8 Å². The van der Waals surface area contributed by atoms with Crippen LogP contribution in [0.15, 0.2) is 18.2 Å². The number of rotatable bonds is 6. The molecule has 0 aliphatic carbocycles. The highest BCUT2D eigenvalue weighted by atomic mass is 32.1. The molecule has 1 aromatic carbocycles. The first-order valence-electron chi connectivity index (χ1n) is 6.30. The molecule has 0 aliphatic heterocycles. The molecular weight excluding hydrogens is 258 g/mol. The topological polar surface area (TPSA) is 47.0 Å². The van der Waals surface area contributed by atoms with Gasteiger partial charge in [-0.05, 0) is 25.5 Å². The fraction of sp³-hybridized carbons (Fsp3) is 0.429. The second-order valence-corrected chi connectivity index (χ2v) is 5.55. The van der Waals surface area contributed by atoms with Gasteiger partial charge in [0.05, 0.1) is 6.61 Å². The Morgan fingerprint density at radius 2 is 2.11 bits per heavy atom. The minimum Gasteiger partial charge on any atom is -0.383 e. The van der Waals surface area contributed by atoms with Crippen molar-refractivity contribution in [3.63, 3.8) is 0 Å². The number of ether oxygens (including phenoxy) is 1. The van der Waals surface area contributed by atoms with Gasteiger partial charge in [0.25, 0.3) is 0 Å². The lowest BCUT2D eigenvalue weighted by Crippen LogP contribution is -2.18. The molecular formula is C14H19N3OS. The first-order chi connectivity index (χ1) is 9.20. The van der Waals surface area contributed by atoms with Crippen LogP contribution in [0.1, 0.15) is 16.1 Å². The number of aryl methyl sites for hydroxylation is 2. The molecule has 102 valence electrons. The second-order valence-electron chi connectivity index (χ2n) is 4.49. The number of nitrogens with zero attached hydrogens (tertiary/aromatic N) is 2. The third-order valence-corrected chi connectivity index (χ3v) is 3.81. The lowest BCUT2D eigenvalue weighted by molar-refractivity contribution is 0.199. The smallest absolute Gasteiger partial charge is 0.148 e. The summed E-state index contributed by atoms with van der Waals surface area (Å²) in [5.41, 5.74) is 3.66. The third-order valence-electron chi connectivity index (χ3n) is 2.85. The minimum absolute atomic E-state index is 0.711. The van der Waals surface area contributed by atoms with Crippen LogP contribution in [0.4, 0.5) is 0 Å². The van der Waals surface area contributed by atoms with E-state index in [9.17, 15) is 0 Å². The van der Waals surface area contributed by atoms with E-state index in [4.69, 9.17) is 4.74 Å². The van der Waals surface area contributed by atoms with Gasteiger partial charge >= 0.3 is 0 Å². The van der Waals surface area contributed by atoms with Crippen LogP contribution in [0.3, 0.4) is 0 Å². The zero-order valence-electron chi connectivity index (χ0n) is 11.6. The molecule has 4 nitrogen and oxygen atoms in total. The SMILES string of the molecule is COCCNCc1nnc(-c2cc(C)ccc2C)s1. The Labute approximate surface area is 117 Å². The van der Waals surface area contributed by atoms with E-state index in [1.807, 2.05) is 0 Å². The van der Waals surface area contributed by atoms with Crippen molar-refractivity contribution in [2.75, 3.05) is 20.3 Å². The summed E-state index contributed by atoms with van der Waals surface area (Å²) >= 11 is 1.64. The van der Waals surface area contributed by atoms with Gasteiger partial charge in [0.2, 0.25) is 0 Å². The Bertz CT molecular complexity index is 539. The van der Waals surface area contributed by atoms with Crippen LogP contribution >= 0.6 is 11.3 Å². The van der Waals surface area contributed by atoms with Gasteiger partial charge in [-0.3, -0.25) is 0 Å². The van der Waals surface area contributed by atoms with Crippen molar-refractivity contribution in [3.8, 4) is 10.6 Å². The third kappa shape index (κ3) is 3.83. The van der Waals surface area contributed by atoms with Crippen molar-refractivity contribution in [1.29, 1.82) is 0 Å². The Kier molecular flexibility index (Phi) is 5.01. The molecule has 0 saturated carbocycles. The predicted molar refractivity (Wildman–Crippen MR) is 78.4 cm³/mol. The van der Waals surface area contributed by atoms with Crippen LogP contribution in [0.2, 0.25) is 0 Å². The normalized spacial score (nSPS) is 10.9. The highest BCUT2D eigenvalue weighted by Gasteiger charge is 2.09. The largest absolute Gasteiger partial charge is 0.383 e. The maximum atomic E-state index is 4.99. The predicted octanol–water partition coefficient (Wildman–Crippen LogP) is 2.56. The molecule has 2 aromatic rings.